The lowest BCUT2D eigenvalue weighted by atomic mass is 9.98. The van der Waals surface area contributed by atoms with E-state index < -0.39 is 0 Å². The van der Waals surface area contributed by atoms with Crippen molar-refractivity contribution in [2.24, 2.45) is 11.7 Å². The summed E-state index contributed by atoms with van der Waals surface area (Å²) in [5.74, 6) is 0.595. The molecule has 18 heavy (non-hydrogen) atoms. The Balaban J connectivity index is 1.89. The second kappa shape index (κ2) is 5.69. The molecule has 2 rings (SSSR count). The Kier molecular flexibility index (Phi) is 4.22. The molecule has 5 nitrogen and oxygen atoms in total. The molecule has 2 amide bonds. The summed E-state index contributed by atoms with van der Waals surface area (Å²) in [5, 5.41) is 0. The number of hydrogen-bond donors (Lipinski definition) is 1. The highest BCUT2D eigenvalue weighted by atomic mass is 16.2. The van der Waals surface area contributed by atoms with Crippen molar-refractivity contribution in [3.05, 3.63) is 0 Å². The Labute approximate surface area is 108 Å². The lowest BCUT2D eigenvalue weighted by molar-refractivity contribution is -0.150. The molecule has 2 aliphatic rings. The molecule has 1 atom stereocenters. The third-order valence-corrected chi connectivity index (χ3v) is 4.18. The third-order valence-electron chi connectivity index (χ3n) is 4.18. The molecule has 1 aliphatic carbocycles. The SMILES string of the molecule is CCN1CC(=O)N(CC(N)C2CCCC2)CC1=O. The van der Waals surface area contributed by atoms with E-state index in [1.54, 1.807) is 9.80 Å². The van der Waals surface area contributed by atoms with E-state index in [4.69, 9.17) is 5.73 Å². The number of carbonyl (C=O) groups excluding carboxylic acids is 2. The Bertz CT molecular complexity index is 326. The van der Waals surface area contributed by atoms with Crippen molar-refractivity contribution in [1.29, 1.82) is 0 Å². The normalized spacial score (nSPS) is 23.9. The average molecular weight is 253 g/mol. The number of piperazine rings is 1. The van der Waals surface area contributed by atoms with Gasteiger partial charge in [-0.15, -0.1) is 0 Å². The minimum absolute atomic E-state index is 0.0254. The van der Waals surface area contributed by atoms with Crippen LogP contribution in [0.1, 0.15) is 32.6 Å². The smallest absolute Gasteiger partial charge is 0.242 e. The molecule has 0 bridgehead atoms. The molecule has 0 aromatic carbocycles. The number of nitrogens with zero attached hydrogens (tertiary/aromatic N) is 2. The van der Waals surface area contributed by atoms with Gasteiger partial charge in [-0.05, 0) is 25.7 Å². The van der Waals surface area contributed by atoms with Gasteiger partial charge in [0.2, 0.25) is 11.8 Å². The van der Waals surface area contributed by atoms with Gasteiger partial charge in [-0.25, -0.2) is 0 Å². The fraction of sp³-hybridized carbons (Fsp3) is 0.846. The summed E-state index contributed by atoms with van der Waals surface area (Å²) >= 11 is 0. The van der Waals surface area contributed by atoms with Gasteiger partial charge in [0.1, 0.15) is 0 Å². The van der Waals surface area contributed by atoms with Gasteiger partial charge in [-0.3, -0.25) is 9.59 Å². The zero-order chi connectivity index (χ0) is 13.1. The Morgan fingerprint density at radius 2 is 1.72 bits per heavy atom. The molecule has 1 heterocycles. The molecule has 102 valence electrons. The first kappa shape index (κ1) is 13.3. The predicted molar refractivity (Wildman–Crippen MR) is 68.8 cm³/mol. The molecule has 1 unspecified atom stereocenters. The van der Waals surface area contributed by atoms with E-state index in [0.29, 0.717) is 19.0 Å². The van der Waals surface area contributed by atoms with Crippen molar-refractivity contribution in [3.63, 3.8) is 0 Å². The van der Waals surface area contributed by atoms with Gasteiger partial charge in [0.25, 0.3) is 0 Å². The summed E-state index contributed by atoms with van der Waals surface area (Å²) in [5.41, 5.74) is 6.17. The molecule has 0 aromatic heterocycles. The number of rotatable bonds is 4. The first-order valence-electron chi connectivity index (χ1n) is 6.93. The Morgan fingerprint density at radius 1 is 1.17 bits per heavy atom. The maximum absolute atomic E-state index is 11.9. The number of amides is 2. The van der Waals surface area contributed by atoms with Gasteiger partial charge < -0.3 is 15.5 Å². The summed E-state index contributed by atoms with van der Waals surface area (Å²) in [6.45, 7) is 3.45. The third kappa shape index (κ3) is 2.83. The zero-order valence-corrected chi connectivity index (χ0v) is 11.1. The first-order valence-corrected chi connectivity index (χ1v) is 6.93. The van der Waals surface area contributed by atoms with Gasteiger partial charge >= 0.3 is 0 Å². The summed E-state index contributed by atoms with van der Waals surface area (Å²) < 4.78 is 0. The summed E-state index contributed by atoms with van der Waals surface area (Å²) in [6.07, 6.45) is 4.82. The summed E-state index contributed by atoms with van der Waals surface area (Å²) in [7, 11) is 0. The van der Waals surface area contributed by atoms with Gasteiger partial charge in [-0.2, -0.15) is 0 Å². The molecular weight excluding hydrogens is 230 g/mol. The van der Waals surface area contributed by atoms with E-state index in [9.17, 15) is 9.59 Å². The van der Waals surface area contributed by atoms with Crippen molar-refractivity contribution in [1.82, 2.24) is 9.80 Å². The van der Waals surface area contributed by atoms with Crippen LogP contribution in [0.4, 0.5) is 0 Å². The highest BCUT2D eigenvalue weighted by Crippen LogP contribution is 2.27. The number of hydrogen-bond acceptors (Lipinski definition) is 3. The molecular formula is C13H23N3O2. The van der Waals surface area contributed by atoms with Crippen molar-refractivity contribution < 1.29 is 9.59 Å². The van der Waals surface area contributed by atoms with E-state index in [1.807, 2.05) is 6.92 Å². The first-order chi connectivity index (χ1) is 8.61. The van der Waals surface area contributed by atoms with Crippen LogP contribution in [-0.4, -0.2) is 53.8 Å². The van der Waals surface area contributed by atoms with Crippen LogP contribution < -0.4 is 5.73 Å². The van der Waals surface area contributed by atoms with Crippen molar-refractivity contribution >= 4 is 11.8 Å². The van der Waals surface area contributed by atoms with Crippen LogP contribution >= 0.6 is 0 Å². The molecule has 2 N–H and O–H groups in total. The lowest BCUT2D eigenvalue weighted by Crippen LogP contribution is -2.56. The van der Waals surface area contributed by atoms with Crippen LogP contribution in [-0.2, 0) is 9.59 Å². The van der Waals surface area contributed by atoms with Crippen LogP contribution in [0.3, 0.4) is 0 Å². The highest BCUT2D eigenvalue weighted by molar-refractivity contribution is 5.92. The van der Waals surface area contributed by atoms with Crippen molar-refractivity contribution in [2.75, 3.05) is 26.2 Å². The maximum Gasteiger partial charge on any atom is 0.242 e. The van der Waals surface area contributed by atoms with Gasteiger partial charge in [0.15, 0.2) is 0 Å². The van der Waals surface area contributed by atoms with E-state index in [-0.39, 0.29) is 30.9 Å². The highest BCUT2D eigenvalue weighted by Gasteiger charge is 2.31. The molecule has 5 heteroatoms. The summed E-state index contributed by atoms with van der Waals surface area (Å²) in [4.78, 5) is 26.9. The van der Waals surface area contributed by atoms with E-state index in [0.717, 1.165) is 12.8 Å². The second-order valence-corrected chi connectivity index (χ2v) is 5.39. The predicted octanol–water partition coefficient (Wildman–Crippen LogP) is 0.195. The largest absolute Gasteiger partial charge is 0.332 e. The maximum atomic E-state index is 11.9. The number of carbonyl (C=O) groups is 2. The number of nitrogens with two attached hydrogens (primary N) is 1. The fourth-order valence-corrected chi connectivity index (χ4v) is 2.95. The minimum atomic E-state index is 0.0254. The molecule has 0 aromatic rings. The van der Waals surface area contributed by atoms with Crippen LogP contribution in [0.25, 0.3) is 0 Å². The Hall–Kier alpha value is -1.10. The van der Waals surface area contributed by atoms with Gasteiger partial charge in [0.05, 0.1) is 13.1 Å². The van der Waals surface area contributed by atoms with Crippen molar-refractivity contribution in [3.8, 4) is 0 Å². The van der Waals surface area contributed by atoms with Crippen LogP contribution in [0.5, 0.6) is 0 Å². The quantitative estimate of drug-likeness (QED) is 0.778. The summed E-state index contributed by atoms with van der Waals surface area (Å²) in [6, 6.07) is 0.0254. The van der Waals surface area contributed by atoms with E-state index in [2.05, 4.69) is 0 Å². The van der Waals surface area contributed by atoms with Crippen LogP contribution in [0.2, 0.25) is 0 Å². The zero-order valence-electron chi connectivity index (χ0n) is 11.1. The molecule has 0 radical (unpaired) electrons. The molecule has 1 aliphatic heterocycles. The van der Waals surface area contributed by atoms with E-state index in [1.165, 1.54) is 12.8 Å². The Morgan fingerprint density at radius 3 is 2.33 bits per heavy atom. The number of likely N-dealkylation sites (N-methyl/N-ethyl adjacent to an activating group) is 1. The molecule has 1 saturated heterocycles. The van der Waals surface area contributed by atoms with Gasteiger partial charge in [-0.1, -0.05) is 12.8 Å². The fourth-order valence-electron chi connectivity index (χ4n) is 2.95. The van der Waals surface area contributed by atoms with Gasteiger partial charge in [0, 0.05) is 19.1 Å². The van der Waals surface area contributed by atoms with Crippen LogP contribution in [0, 0.1) is 5.92 Å². The lowest BCUT2D eigenvalue weighted by Gasteiger charge is -2.35. The van der Waals surface area contributed by atoms with Crippen molar-refractivity contribution in [2.45, 2.75) is 38.6 Å². The molecule has 0 spiro atoms. The minimum Gasteiger partial charge on any atom is -0.332 e. The molecule has 1 saturated carbocycles. The van der Waals surface area contributed by atoms with Crippen LogP contribution in [0.15, 0.2) is 0 Å². The topological polar surface area (TPSA) is 66.6 Å². The van der Waals surface area contributed by atoms with E-state index >= 15 is 0 Å². The average Bonchev–Trinajstić information content (AvgIpc) is 2.87. The monoisotopic (exact) mass is 253 g/mol. The second-order valence-electron chi connectivity index (χ2n) is 5.39. The molecule has 2 fully saturated rings. The standard InChI is InChI=1S/C13H23N3O2/c1-2-15-8-13(18)16(9-12(15)17)7-11(14)10-5-3-4-6-10/h10-11H,2-9,14H2,1H3.